The second kappa shape index (κ2) is 19.0. The molecule has 88 heavy (non-hydrogen) atoms. The molecule has 0 fully saturated rings. The Morgan fingerprint density at radius 3 is 0.773 bits per heavy atom. The van der Waals surface area contributed by atoms with E-state index in [0.29, 0.717) is 0 Å². The van der Waals surface area contributed by atoms with E-state index in [4.69, 9.17) is 0 Å². The zero-order valence-electron chi connectivity index (χ0n) is 47.9. The van der Waals surface area contributed by atoms with Gasteiger partial charge in [0.05, 0.1) is 22.8 Å². The lowest BCUT2D eigenvalue weighted by atomic mass is 9.81. The van der Waals surface area contributed by atoms with Crippen molar-refractivity contribution in [3.05, 3.63) is 315 Å². The highest BCUT2D eigenvalue weighted by atomic mass is 15.0. The van der Waals surface area contributed by atoms with Crippen LogP contribution in [-0.4, -0.2) is 9.13 Å². The third kappa shape index (κ3) is 7.06. The highest BCUT2D eigenvalue weighted by Crippen LogP contribution is 2.52. The minimum atomic E-state index is 1.09. The van der Waals surface area contributed by atoms with Gasteiger partial charge in [-0.3, -0.25) is 0 Å². The maximum atomic E-state index is 2.51. The minimum absolute atomic E-state index is 1.09. The van der Waals surface area contributed by atoms with Crippen molar-refractivity contribution in [1.82, 2.24) is 9.13 Å². The van der Waals surface area contributed by atoms with Gasteiger partial charge >= 0.3 is 0 Å². The zero-order valence-corrected chi connectivity index (χ0v) is 47.9. The van der Waals surface area contributed by atoms with Gasteiger partial charge in [-0.05, 0) is 201 Å². The molecule has 19 aromatic rings. The predicted molar refractivity (Wildman–Crippen MR) is 375 cm³/mol. The molecule has 19 rings (SSSR count). The standard InChI is InChI=1S/C86H52N2/c1-5-19-53(20-6-1)77-47-48-78(54-21-7-2-8-22-54)87(77)59-39-41-73-75(51-59)85(71-45-43-69-63-33-15-29-57-27-13-31-61(81(57)63)65-35-17-37-67(71)83(65)69)74-42-40-60(88-79(55-23-9-3-10-24-55)49-50-80(88)56-25-11-4-12-26-56)52-76(74)86(73)72-46-44-70-64-34-16-30-58-28-14-32-62(82(58)64)66-36-18-38-68(72)84(66)70/h1-52H. The van der Waals surface area contributed by atoms with E-state index in [1.165, 1.54) is 130 Å². The first-order chi connectivity index (χ1) is 43.7. The topological polar surface area (TPSA) is 9.86 Å². The summed E-state index contributed by atoms with van der Waals surface area (Å²) in [7, 11) is 0. The Labute approximate surface area is 508 Å². The Balaban J connectivity index is 0.998. The van der Waals surface area contributed by atoms with Crippen LogP contribution in [0, 0.1) is 0 Å². The van der Waals surface area contributed by atoms with Crippen LogP contribution in [0.4, 0.5) is 0 Å². The van der Waals surface area contributed by atoms with E-state index in [2.05, 4.69) is 325 Å². The molecule has 0 unspecified atom stereocenters. The molecule has 0 spiro atoms. The third-order valence-electron chi connectivity index (χ3n) is 19.2. The average Bonchev–Trinajstić information content (AvgIpc) is 0.857. The zero-order chi connectivity index (χ0) is 57.6. The summed E-state index contributed by atoms with van der Waals surface area (Å²) in [6, 6.07) is 118. The minimum Gasteiger partial charge on any atom is -0.309 e. The molecular weight excluding hydrogens is 1060 g/mol. The van der Waals surface area contributed by atoms with Crippen molar-refractivity contribution < 1.29 is 0 Å². The molecule has 17 aromatic carbocycles. The van der Waals surface area contributed by atoms with Gasteiger partial charge in [-0.2, -0.15) is 0 Å². The second-order valence-electron chi connectivity index (χ2n) is 23.7. The van der Waals surface area contributed by atoms with Gasteiger partial charge in [0.2, 0.25) is 0 Å². The van der Waals surface area contributed by atoms with Gasteiger partial charge in [0.1, 0.15) is 0 Å². The molecule has 0 aliphatic heterocycles. The Morgan fingerprint density at radius 2 is 0.443 bits per heavy atom. The summed E-state index contributed by atoms with van der Waals surface area (Å²) in [4.78, 5) is 0. The van der Waals surface area contributed by atoms with E-state index in [9.17, 15) is 0 Å². The Hall–Kier alpha value is -11.6. The number of nitrogens with zero attached hydrogens (tertiary/aromatic N) is 2. The van der Waals surface area contributed by atoms with Crippen LogP contribution in [0.5, 0.6) is 0 Å². The van der Waals surface area contributed by atoms with Crippen LogP contribution in [0.2, 0.25) is 0 Å². The van der Waals surface area contributed by atoms with Crippen LogP contribution in [0.25, 0.3) is 186 Å². The summed E-state index contributed by atoms with van der Waals surface area (Å²) < 4.78 is 4.97. The molecule has 2 heteroatoms. The molecular formula is C86H52N2. The summed E-state index contributed by atoms with van der Waals surface area (Å²) in [6.07, 6.45) is 0. The lowest BCUT2D eigenvalue weighted by molar-refractivity contribution is 1.10. The number of aromatic nitrogens is 2. The first-order valence-corrected chi connectivity index (χ1v) is 30.6. The van der Waals surface area contributed by atoms with Gasteiger partial charge in [0, 0.05) is 11.4 Å². The van der Waals surface area contributed by atoms with Crippen molar-refractivity contribution in [2.75, 3.05) is 0 Å². The molecule has 0 atom stereocenters. The van der Waals surface area contributed by atoms with Crippen molar-refractivity contribution in [3.63, 3.8) is 0 Å². The number of hydrogen-bond donors (Lipinski definition) is 0. The number of benzene rings is 17. The maximum absolute atomic E-state index is 2.51. The largest absolute Gasteiger partial charge is 0.309 e. The third-order valence-corrected chi connectivity index (χ3v) is 19.2. The quantitative estimate of drug-likeness (QED) is 0.106. The van der Waals surface area contributed by atoms with Crippen LogP contribution in [0.3, 0.4) is 0 Å². The molecule has 0 amide bonds. The normalized spacial score (nSPS) is 12.1. The Bertz CT molecular complexity index is 5420. The summed E-state index contributed by atoms with van der Waals surface area (Å²) >= 11 is 0. The lowest BCUT2D eigenvalue weighted by Crippen LogP contribution is -2.02. The van der Waals surface area contributed by atoms with Gasteiger partial charge in [-0.25, -0.2) is 0 Å². The summed E-state index contributed by atoms with van der Waals surface area (Å²) in [6.45, 7) is 0. The van der Waals surface area contributed by atoms with Crippen molar-refractivity contribution >= 4 is 108 Å². The van der Waals surface area contributed by atoms with E-state index >= 15 is 0 Å². The molecule has 2 heterocycles. The molecule has 0 saturated heterocycles. The van der Waals surface area contributed by atoms with Crippen LogP contribution in [0.15, 0.2) is 315 Å². The second-order valence-corrected chi connectivity index (χ2v) is 23.7. The van der Waals surface area contributed by atoms with Crippen LogP contribution >= 0.6 is 0 Å². The molecule has 0 N–H and O–H groups in total. The van der Waals surface area contributed by atoms with Gasteiger partial charge < -0.3 is 9.13 Å². The van der Waals surface area contributed by atoms with E-state index in [-0.39, 0.29) is 0 Å². The number of rotatable bonds is 8. The highest BCUT2D eigenvalue weighted by Gasteiger charge is 2.26. The average molecular weight is 1110 g/mol. The van der Waals surface area contributed by atoms with Gasteiger partial charge in [0.15, 0.2) is 0 Å². The SMILES string of the molecule is c1ccc(-c2ccc(-c3ccccc3)n2-c2ccc3c(-c4ccc5c6cccc7cccc(c8cccc4c85)c76)c4cc(-n5c(-c6ccccc6)ccc5-c5ccccc5)ccc4c(-c4ccc5c6cccc7cccc(c8cccc4c85)c76)c3c2)cc1. The number of fused-ring (bicyclic) bond motifs is 6. The summed E-state index contributed by atoms with van der Waals surface area (Å²) in [5.41, 5.74) is 16.2. The molecule has 2 nitrogen and oxygen atoms in total. The van der Waals surface area contributed by atoms with Crippen LogP contribution < -0.4 is 0 Å². The summed E-state index contributed by atoms with van der Waals surface area (Å²) in [5, 5.41) is 25.2. The fourth-order valence-corrected chi connectivity index (χ4v) is 15.6. The maximum Gasteiger partial charge on any atom is 0.0535 e. The molecule has 0 radical (unpaired) electrons. The molecule has 0 aliphatic carbocycles. The van der Waals surface area contributed by atoms with E-state index < -0.39 is 0 Å². The first-order valence-electron chi connectivity index (χ1n) is 30.6. The smallest absolute Gasteiger partial charge is 0.0535 e. The first kappa shape index (κ1) is 48.8. The van der Waals surface area contributed by atoms with E-state index in [1.807, 2.05) is 0 Å². The molecule has 0 bridgehead atoms. The van der Waals surface area contributed by atoms with Gasteiger partial charge in [-0.15, -0.1) is 0 Å². The van der Waals surface area contributed by atoms with E-state index in [1.54, 1.807) is 0 Å². The monoisotopic (exact) mass is 1110 g/mol. The van der Waals surface area contributed by atoms with Crippen molar-refractivity contribution in [3.8, 4) is 78.7 Å². The van der Waals surface area contributed by atoms with Crippen molar-refractivity contribution in [2.24, 2.45) is 0 Å². The van der Waals surface area contributed by atoms with E-state index in [0.717, 1.165) is 56.4 Å². The Kier molecular flexibility index (Phi) is 10.5. The highest BCUT2D eigenvalue weighted by molar-refractivity contribution is 6.38. The van der Waals surface area contributed by atoms with Gasteiger partial charge in [-0.1, -0.05) is 267 Å². The molecule has 2 aromatic heterocycles. The van der Waals surface area contributed by atoms with Crippen LogP contribution in [-0.2, 0) is 0 Å². The lowest BCUT2D eigenvalue weighted by Gasteiger charge is -2.24. The fraction of sp³-hybridized carbons (Fsp3) is 0. The van der Waals surface area contributed by atoms with Crippen LogP contribution in [0.1, 0.15) is 0 Å². The molecule has 0 aliphatic rings. The number of hydrogen-bond acceptors (Lipinski definition) is 0. The predicted octanol–water partition coefficient (Wildman–Crippen LogP) is 23.7. The van der Waals surface area contributed by atoms with Crippen molar-refractivity contribution in [1.29, 1.82) is 0 Å². The fourth-order valence-electron chi connectivity index (χ4n) is 15.6. The summed E-state index contributed by atoms with van der Waals surface area (Å²) in [5.74, 6) is 0. The molecule has 406 valence electrons. The Morgan fingerprint density at radius 1 is 0.170 bits per heavy atom. The van der Waals surface area contributed by atoms with Gasteiger partial charge in [0.25, 0.3) is 0 Å². The van der Waals surface area contributed by atoms with Crippen molar-refractivity contribution in [2.45, 2.75) is 0 Å². The molecule has 0 saturated carbocycles.